The number of hydrogen-bond acceptors (Lipinski definition) is 3. The molecule has 2 aromatic carbocycles. The molecule has 0 saturated heterocycles. The smallest absolute Gasteiger partial charge is 0.233 e. The highest BCUT2D eigenvalue weighted by Crippen LogP contribution is 2.10. The van der Waals surface area contributed by atoms with Crippen molar-refractivity contribution in [2.45, 2.75) is 19.9 Å². The molecule has 7 heteroatoms. The number of benzene rings is 2. The molecule has 0 saturated carbocycles. The Hall–Kier alpha value is -2.15. The van der Waals surface area contributed by atoms with Crippen molar-refractivity contribution in [2.75, 3.05) is 6.54 Å². The highest BCUT2D eigenvalue weighted by Gasteiger charge is 2.07. The minimum Gasteiger partial charge on any atom is -0.352 e. The predicted molar refractivity (Wildman–Crippen MR) is 105 cm³/mol. The van der Waals surface area contributed by atoms with E-state index in [1.54, 1.807) is 18.2 Å². The number of sulfonamides is 1. The number of nitrogens with one attached hydrogen (secondary N) is 2. The molecular weight excluding hydrogens is 372 g/mol. The molecule has 0 spiro atoms. The topological polar surface area (TPSA) is 75.3 Å². The van der Waals surface area contributed by atoms with E-state index in [4.69, 9.17) is 11.6 Å². The van der Waals surface area contributed by atoms with E-state index in [2.05, 4.69) is 10.0 Å². The number of carbonyl (C=O) groups is 1. The Morgan fingerprint density at radius 1 is 1.15 bits per heavy atom. The van der Waals surface area contributed by atoms with Crippen LogP contribution in [0.1, 0.15) is 23.1 Å². The fourth-order valence-electron chi connectivity index (χ4n) is 2.14. The van der Waals surface area contributed by atoms with E-state index >= 15 is 0 Å². The fourth-order valence-corrected chi connectivity index (χ4v) is 3.17. The first-order chi connectivity index (χ1) is 12.3. The maximum absolute atomic E-state index is 11.9. The summed E-state index contributed by atoms with van der Waals surface area (Å²) in [7, 11) is -3.59. The van der Waals surface area contributed by atoms with E-state index in [0.717, 1.165) is 22.1 Å². The minimum absolute atomic E-state index is 0.0297. The molecule has 0 radical (unpaired) electrons. The average Bonchev–Trinajstić information content (AvgIpc) is 2.59. The van der Waals surface area contributed by atoms with Gasteiger partial charge in [0.1, 0.15) is 0 Å². The zero-order valence-electron chi connectivity index (χ0n) is 14.4. The van der Waals surface area contributed by atoms with Crippen molar-refractivity contribution in [3.8, 4) is 0 Å². The van der Waals surface area contributed by atoms with Crippen LogP contribution >= 0.6 is 11.6 Å². The number of hydrogen-bond donors (Lipinski definition) is 2. The van der Waals surface area contributed by atoms with Gasteiger partial charge in [-0.1, -0.05) is 53.6 Å². The van der Waals surface area contributed by atoms with Gasteiger partial charge in [-0.05, 0) is 36.3 Å². The largest absolute Gasteiger partial charge is 0.352 e. The van der Waals surface area contributed by atoms with Crippen LogP contribution in [0.15, 0.2) is 53.9 Å². The summed E-state index contributed by atoms with van der Waals surface area (Å²) in [5.74, 6) is -0.241. The molecule has 0 aromatic heterocycles. The second-order valence-electron chi connectivity index (χ2n) is 5.81. The van der Waals surface area contributed by atoms with Crippen LogP contribution in [0.25, 0.3) is 6.08 Å². The van der Waals surface area contributed by atoms with Gasteiger partial charge >= 0.3 is 0 Å². The Balaban J connectivity index is 1.75. The van der Waals surface area contributed by atoms with Crippen molar-refractivity contribution < 1.29 is 13.2 Å². The van der Waals surface area contributed by atoms with Crippen molar-refractivity contribution in [3.63, 3.8) is 0 Å². The monoisotopic (exact) mass is 392 g/mol. The van der Waals surface area contributed by atoms with Crippen LogP contribution in [0, 0.1) is 6.92 Å². The second-order valence-corrected chi connectivity index (χ2v) is 7.90. The van der Waals surface area contributed by atoms with Crippen LogP contribution in [-0.2, 0) is 21.4 Å². The van der Waals surface area contributed by atoms with Crippen LogP contribution < -0.4 is 10.0 Å². The first-order valence-corrected chi connectivity index (χ1v) is 10.0. The Morgan fingerprint density at radius 3 is 2.58 bits per heavy atom. The molecule has 0 aliphatic heterocycles. The lowest BCUT2D eigenvalue weighted by Gasteiger charge is -2.06. The first-order valence-electron chi connectivity index (χ1n) is 8.10. The van der Waals surface area contributed by atoms with E-state index in [1.807, 2.05) is 37.3 Å². The van der Waals surface area contributed by atoms with Gasteiger partial charge < -0.3 is 5.32 Å². The zero-order chi connectivity index (χ0) is 19.0. The third kappa shape index (κ3) is 7.39. The summed E-state index contributed by atoms with van der Waals surface area (Å²) in [5.41, 5.74) is 2.78. The highest BCUT2D eigenvalue weighted by atomic mass is 35.5. The lowest BCUT2D eigenvalue weighted by molar-refractivity contribution is -0.121. The minimum atomic E-state index is -3.59. The summed E-state index contributed by atoms with van der Waals surface area (Å²) in [6.45, 7) is 2.34. The van der Waals surface area contributed by atoms with E-state index in [1.165, 1.54) is 6.08 Å². The van der Waals surface area contributed by atoms with Gasteiger partial charge in [0.2, 0.25) is 15.9 Å². The molecule has 0 aliphatic carbocycles. The highest BCUT2D eigenvalue weighted by molar-refractivity contribution is 7.92. The van der Waals surface area contributed by atoms with Crippen molar-refractivity contribution in [1.29, 1.82) is 0 Å². The van der Waals surface area contributed by atoms with E-state index in [-0.39, 0.29) is 18.9 Å². The molecule has 0 fully saturated rings. The number of amides is 1. The molecule has 1 amide bonds. The maximum Gasteiger partial charge on any atom is 0.233 e. The molecular formula is C19H21ClN2O3S. The third-order valence-corrected chi connectivity index (χ3v) is 4.89. The standard InChI is InChI=1S/C19H21ClN2O3S/c1-15-5-7-16(8-6-15)10-12-26(24,25)22-11-9-19(23)21-14-17-3-2-4-18(20)13-17/h2-8,10,12-13,22H,9,11,14H2,1H3,(H,21,23)/b12-10+. The van der Waals surface area contributed by atoms with Gasteiger partial charge in [0.25, 0.3) is 0 Å². The molecule has 0 atom stereocenters. The Kier molecular flexibility index (Phi) is 7.38. The number of rotatable bonds is 8. The summed E-state index contributed by atoms with van der Waals surface area (Å²) in [4.78, 5) is 11.8. The molecule has 0 aliphatic rings. The average molecular weight is 393 g/mol. The van der Waals surface area contributed by atoms with Gasteiger partial charge in [0, 0.05) is 29.9 Å². The summed E-state index contributed by atoms with van der Waals surface area (Å²) in [5, 5.41) is 4.43. The lowest BCUT2D eigenvalue weighted by Crippen LogP contribution is -2.29. The van der Waals surface area contributed by atoms with Gasteiger partial charge in [-0.15, -0.1) is 0 Å². The van der Waals surface area contributed by atoms with Crippen LogP contribution in [0.2, 0.25) is 5.02 Å². The molecule has 0 heterocycles. The lowest BCUT2D eigenvalue weighted by atomic mass is 10.2. The van der Waals surface area contributed by atoms with Gasteiger partial charge in [0.05, 0.1) is 0 Å². The molecule has 26 heavy (non-hydrogen) atoms. The molecule has 2 rings (SSSR count). The quantitative estimate of drug-likeness (QED) is 0.724. The Bertz CT molecular complexity index is 878. The summed E-state index contributed by atoms with van der Waals surface area (Å²) in [6.07, 6.45) is 1.57. The Morgan fingerprint density at radius 2 is 1.88 bits per heavy atom. The molecule has 138 valence electrons. The van der Waals surface area contributed by atoms with Crippen LogP contribution in [0.3, 0.4) is 0 Å². The van der Waals surface area contributed by atoms with Crippen molar-refractivity contribution in [1.82, 2.24) is 10.0 Å². The van der Waals surface area contributed by atoms with Crippen molar-refractivity contribution in [3.05, 3.63) is 75.7 Å². The number of aryl methyl sites for hydroxylation is 1. The van der Waals surface area contributed by atoms with Crippen molar-refractivity contribution in [2.24, 2.45) is 0 Å². The van der Waals surface area contributed by atoms with Crippen LogP contribution in [0.5, 0.6) is 0 Å². The van der Waals surface area contributed by atoms with E-state index in [9.17, 15) is 13.2 Å². The summed E-state index contributed by atoms with van der Waals surface area (Å²) >= 11 is 5.88. The molecule has 2 N–H and O–H groups in total. The third-order valence-electron chi connectivity index (χ3n) is 3.55. The molecule has 0 unspecified atom stereocenters. The van der Waals surface area contributed by atoms with Crippen LogP contribution in [-0.4, -0.2) is 20.9 Å². The predicted octanol–water partition coefficient (Wildman–Crippen LogP) is 3.25. The number of halogens is 1. The second kappa shape index (κ2) is 9.52. The van der Waals surface area contributed by atoms with Crippen LogP contribution in [0.4, 0.5) is 0 Å². The zero-order valence-corrected chi connectivity index (χ0v) is 16.0. The SMILES string of the molecule is Cc1ccc(/C=C/S(=O)(=O)NCCC(=O)NCc2cccc(Cl)c2)cc1. The normalized spacial score (nSPS) is 11.6. The van der Waals surface area contributed by atoms with Gasteiger partial charge in [-0.2, -0.15) is 0 Å². The first kappa shape index (κ1) is 20.2. The Labute approximate surface area is 159 Å². The number of carbonyl (C=O) groups excluding carboxylic acids is 1. The van der Waals surface area contributed by atoms with E-state index in [0.29, 0.717) is 11.6 Å². The van der Waals surface area contributed by atoms with Crippen molar-refractivity contribution >= 4 is 33.6 Å². The van der Waals surface area contributed by atoms with Gasteiger partial charge in [-0.25, -0.2) is 13.1 Å². The summed E-state index contributed by atoms with van der Waals surface area (Å²) < 4.78 is 26.2. The van der Waals surface area contributed by atoms with E-state index < -0.39 is 10.0 Å². The molecule has 0 bridgehead atoms. The maximum atomic E-state index is 11.9. The summed E-state index contributed by atoms with van der Waals surface area (Å²) in [6, 6.07) is 14.7. The van der Waals surface area contributed by atoms with Gasteiger partial charge in [0.15, 0.2) is 0 Å². The van der Waals surface area contributed by atoms with Gasteiger partial charge in [-0.3, -0.25) is 4.79 Å². The fraction of sp³-hybridized carbons (Fsp3) is 0.211. The molecule has 5 nitrogen and oxygen atoms in total. The molecule has 2 aromatic rings.